The van der Waals surface area contributed by atoms with E-state index in [1.54, 1.807) is 7.11 Å². The largest absolute Gasteiger partial charge is 0.497 e. The van der Waals surface area contributed by atoms with E-state index in [1.807, 2.05) is 29.2 Å². The number of benzene rings is 1. The maximum Gasteiger partial charge on any atom is 0.240 e. The molecule has 0 radical (unpaired) electrons. The van der Waals surface area contributed by atoms with Gasteiger partial charge in [-0.15, -0.1) is 0 Å². The van der Waals surface area contributed by atoms with Crippen LogP contribution < -0.4 is 10.1 Å². The number of carbonyl (C=O) groups is 1. The van der Waals surface area contributed by atoms with Crippen molar-refractivity contribution in [2.24, 2.45) is 0 Å². The lowest BCUT2D eigenvalue weighted by Gasteiger charge is -2.18. The first-order valence-electron chi connectivity index (χ1n) is 6.78. The van der Waals surface area contributed by atoms with Gasteiger partial charge in [-0.3, -0.25) is 4.79 Å². The Hall–Kier alpha value is -1.55. The van der Waals surface area contributed by atoms with Crippen LogP contribution >= 0.6 is 0 Å². The van der Waals surface area contributed by atoms with Crippen LogP contribution in [0.3, 0.4) is 0 Å². The Bertz CT molecular complexity index is 428. The van der Waals surface area contributed by atoms with Crippen molar-refractivity contribution in [1.29, 1.82) is 0 Å². The molecule has 1 saturated heterocycles. The van der Waals surface area contributed by atoms with Crippen LogP contribution in [-0.4, -0.2) is 36.5 Å². The predicted molar refractivity (Wildman–Crippen MR) is 75.1 cm³/mol. The van der Waals surface area contributed by atoms with E-state index in [9.17, 15) is 4.79 Å². The van der Waals surface area contributed by atoms with Crippen LogP contribution in [0.25, 0.3) is 0 Å². The molecule has 0 bridgehead atoms. The highest BCUT2D eigenvalue weighted by Crippen LogP contribution is 2.17. The Morgan fingerprint density at radius 2 is 2.05 bits per heavy atom. The third-order valence-corrected chi connectivity index (χ3v) is 3.36. The standard InChI is InChI=1S/C15H22N2O2/c1-11(2)16-14-8-9-17(15(14)18)10-12-4-6-13(19-3)7-5-12/h4-7,11,14,16H,8-10H2,1-3H3. The summed E-state index contributed by atoms with van der Waals surface area (Å²) in [5, 5.41) is 3.31. The Morgan fingerprint density at radius 1 is 1.37 bits per heavy atom. The van der Waals surface area contributed by atoms with E-state index in [2.05, 4.69) is 19.2 Å². The molecular formula is C15H22N2O2. The van der Waals surface area contributed by atoms with Gasteiger partial charge < -0.3 is 15.0 Å². The number of ether oxygens (including phenoxy) is 1. The van der Waals surface area contributed by atoms with Gasteiger partial charge in [0, 0.05) is 19.1 Å². The van der Waals surface area contributed by atoms with E-state index in [-0.39, 0.29) is 11.9 Å². The lowest BCUT2D eigenvalue weighted by molar-refractivity contribution is -0.130. The minimum Gasteiger partial charge on any atom is -0.497 e. The molecule has 1 N–H and O–H groups in total. The number of hydrogen-bond acceptors (Lipinski definition) is 3. The van der Waals surface area contributed by atoms with Crippen LogP contribution in [0.5, 0.6) is 5.75 Å². The Morgan fingerprint density at radius 3 is 2.63 bits per heavy atom. The number of likely N-dealkylation sites (tertiary alicyclic amines) is 1. The highest BCUT2D eigenvalue weighted by Gasteiger charge is 2.31. The van der Waals surface area contributed by atoms with Crippen molar-refractivity contribution >= 4 is 5.91 Å². The molecule has 0 saturated carbocycles. The van der Waals surface area contributed by atoms with Crippen LogP contribution in [0, 0.1) is 0 Å². The summed E-state index contributed by atoms with van der Waals surface area (Å²) in [6.45, 7) is 5.65. The van der Waals surface area contributed by atoms with Crippen LogP contribution in [0.2, 0.25) is 0 Å². The third kappa shape index (κ3) is 3.47. The van der Waals surface area contributed by atoms with Gasteiger partial charge in [0.15, 0.2) is 0 Å². The molecule has 1 unspecified atom stereocenters. The SMILES string of the molecule is COc1ccc(CN2CCC(NC(C)C)C2=O)cc1. The summed E-state index contributed by atoms with van der Waals surface area (Å²) in [5.74, 6) is 1.06. The second kappa shape index (κ2) is 6.06. The smallest absolute Gasteiger partial charge is 0.240 e. The number of nitrogens with zero attached hydrogens (tertiary/aromatic N) is 1. The van der Waals surface area contributed by atoms with E-state index in [0.717, 1.165) is 24.3 Å². The fraction of sp³-hybridized carbons (Fsp3) is 0.533. The van der Waals surface area contributed by atoms with Crippen molar-refractivity contribution < 1.29 is 9.53 Å². The van der Waals surface area contributed by atoms with Gasteiger partial charge in [-0.1, -0.05) is 26.0 Å². The molecule has 1 aliphatic rings. The summed E-state index contributed by atoms with van der Waals surface area (Å²) in [6.07, 6.45) is 0.896. The van der Waals surface area contributed by atoms with Gasteiger partial charge in [0.1, 0.15) is 5.75 Å². The average molecular weight is 262 g/mol. The third-order valence-electron chi connectivity index (χ3n) is 3.36. The number of rotatable bonds is 5. The molecule has 4 heteroatoms. The average Bonchev–Trinajstić information content (AvgIpc) is 2.72. The Labute approximate surface area is 114 Å². The van der Waals surface area contributed by atoms with Crippen LogP contribution in [0.15, 0.2) is 24.3 Å². The zero-order chi connectivity index (χ0) is 13.8. The first kappa shape index (κ1) is 13.9. The molecule has 2 rings (SSSR count). The second-order valence-corrected chi connectivity index (χ2v) is 5.27. The molecular weight excluding hydrogens is 240 g/mol. The highest BCUT2D eigenvalue weighted by molar-refractivity contribution is 5.84. The first-order valence-corrected chi connectivity index (χ1v) is 6.78. The summed E-state index contributed by atoms with van der Waals surface area (Å²) in [4.78, 5) is 14.1. The first-order chi connectivity index (χ1) is 9.10. The molecule has 1 aromatic carbocycles. The molecule has 1 fully saturated rings. The van der Waals surface area contributed by atoms with Crippen molar-refractivity contribution in [3.05, 3.63) is 29.8 Å². The molecule has 0 spiro atoms. The summed E-state index contributed by atoms with van der Waals surface area (Å²) in [7, 11) is 1.65. The molecule has 1 aliphatic heterocycles. The van der Waals surface area contributed by atoms with Crippen molar-refractivity contribution in [1.82, 2.24) is 10.2 Å². The van der Waals surface area contributed by atoms with Gasteiger partial charge in [-0.25, -0.2) is 0 Å². The fourth-order valence-electron chi connectivity index (χ4n) is 2.40. The number of methoxy groups -OCH3 is 1. The minimum absolute atomic E-state index is 0.0155. The zero-order valence-corrected chi connectivity index (χ0v) is 11.8. The zero-order valence-electron chi connectivity index (χ0n) is 11.8. The van der Waals surface area contributed by atoms with Gasteiger partial charge in [-0.05, 0) is 24.1 Å². The lowest BCUT2D eigenvalue weighted by Crippen LogP contribution is -2.41. The summed E-state index contributed by atoms with van der Waals surface area (Å²) in [5.41, 5.74) is 1.14. The van der Waals surface area contributed by atoms with Gasteiger partial charge in [-0.2, -0.15) is 0 Å². The predicted octanol–water partition coefficient (Wildman–Crippen LogP) is 1.79. The monoisotopic (exact) mass is 262 g/mol. The number of amides is 1. The summed E-state index contributed by atoms with van der Waals surface area (Å²) < 4.78 is 5.13. The number of carbonyl (C=O) groups excluding carboxylic acids is 1. The molecule has 1 aromatic rings. The van der Waals surface area contributed by atoms with E-state index in [4.69, 9.17) is 4.74 Å². The number of nitrogens with one attached hydrogen (secondary N) is 1. The molecule has 19 heavy (non-hydrogen) atoms. The number of hydrogen-bond donors (Lipinski definition) is 1. The van der Waals surface area contributed by atoms with E-state index >= 15 is 0 Å². The molecule has 0 aromatic heterocycles. The maximum absolute atomic E-state index is 12.2. The van der Waals surface area contributed by atoms with Gasteiger partial charge in [0.25, 0.3) is 0 Å². The lowest BCUT2D eigenvalue weighted by atomic mass is 10.2. The Balaban J connectivity index is 1.94. The van der Waals surface area contributed by atoms with E-state index in [0.29, 0.717) is 12.6 Å². The molecule has 104 valence electrons. The quantitative estimate of drug-likeness (QED) is 0.879. The molecule has 1 amide bonds. The van der Waals surface area contributed by atoms with Crippen LogP contribution in [0.1, 0.15) is 25.8 Å². The highest BCUT2D eigenvalue weighted by atomic mass is 16.5. The van der Waals surface area contributed by atoms with Crippen molar-refractivity contribution in [2.45, 2.75) is 38.9 Å². The second-order valence-electron chi connectivity index (χ2n) is 5.27. The summed E-state index contributed by atoms with van der Waals surface area (Å²) >= 11 is 0. The molecule has 1 heterocycles. The van der Waals surface area contributed by atoms with Crippen LogP contribution in [-0.2, 0) is 11.3 Å². The Kier molecular flexibility index (Phi) is 4.43. The molecule has 0 aliphatic carbocycles. The minimum atomic E-state index is -0.0155. The molecule has 1 atom stereocenters. The van der Waals surface area contributed by atoms with Crippen molar-refractivity contribution in [3.8, 4) is 5.75 Å². The van der Waals surface area contributed by atoms with E-state index in [1.165, 1.54) is 0 Å². The van der Waals surface area contributed by atoms with Crippen molar-refractivity contribution in [3.63, 3.8) is 0 Å². The fourth-order valence-corrected chi connectivity index (χ4v) is 2.40. The topological polar surface area (TPSA) is 41.6 Å². The normalized spacial score (nSPS) is 19.3. The van der Waals surface area contributed by atoms with Crippen LogP contribution in [0.4, 0.5) is 0 Å². The van der Waals surface area contributed by atoms with Gasteiger partial charge in [0.2, 0.25) is 5.91 Å². The van der Waals surface area contributed by atoms with Gasteiger partial charge in [0.05, 0.1) is 13.2 Å². The molecule has 4 nitrogen and oxygen atoms in total. The summed E-state index contributed by atoms with van der Waals surface area (Å²) in [6, 6.07) is 8.21. The maximum atomic E-state index is 12.2. The van der Waals surface area contributed by atoms with Gasteiger partial charge >= 0.3 is 0 Å². The van der Waals surface area contributed by atoms with Crippen molar-refractivity contribution in [2.75, 3.05) is 13.7 Å². The van der Waals surface area contributed by atoms with E-state index < -0.39 is 0 Å².